The molecule has 456 valence electrons. The molecule has 1 aliphatic carbocycles. The maximum atomic E-state index is 14.6. The summed E-state index contributed by atoms with van der Waals surface area (Å²) in [7, 11) is 3.16. The van der Waals surface area contributed by atoms with Gasteiger partial charge >= 0.3 is 11.9 Å². The highest BCUT2D eigenvalue weighted by molar-refractivity contribution is 5.86. The molecule has 2 bridgehead atoms. The predicted octanol–water partition coefficient (Wildman–Crippen LogP) is 7.74. The second kappa shape index (κ2) is 24.9. The number of aliphatic hydroxyl groups is 2. The van der Waals surface area contributed by atoms with Crippen molar-refractivity contribution in [3.05, 3.63) is 59.4 Å². The van der Waals surface area contributed by atoms with Crippen molar-refractivity contribution < 1.29 is 86.2 Å². The third-order valence-electron chi connectivity index (χ3n) is 18.5. The molecule has 0 aromatic rings. The van der Waals surface area contributed by atoms with E-state index in [1.807, 2.05) is 39.8 Å². The van der Waals surface area contributed by atoms with Gasteiger partial charge in [0.1, 0.15) is 48.1 Å². The van der Waals surface area contributed by atoms with E-state index < -0.39 is 132 Å². The van der Waals surface area contributed by atoms with Gasteiger partial charge in [0.2, 0.25) is 0 Å². The molecule has 0 radical (unpaired) electrons. The van der Waals surface area contributed by atoms with E-state index in [0.29, 0.717) is 49.9 Å². The van der Waals surface area contributed by atoms with Gasteiger partial charge in [-0.25, -0.2) is 4.79 Å². The van der Waals surface area contributed by atoms with Gasteiger partial charge in [-0.2, -0.15) is 0 Å². The molecule has 6 saturated heterocycles. The molecule has 8 rings (SSSR count). The van der Waals surface area contributed by atoms with Crippen LogP contribution in [-0.2, 0) is 76.0 Å². The zero-order chi connectivity index (χ0) is 59.2. The number of fused-ring (bicyclic) bond motifs is 2. The number of rotatable bonds is 12. The standard InChI is InChI=1S/C62H95NO18/c1-17-57(8,9)52-36(4)22-25-61(80-52)31-41-30-60(14,81-61)24-21-35(3)49(34(2)19-18-20-40-32-71-53-48(65)37(5)27-42(56(67)75-41)62(40,53)68)77-46-29-44(70-16)51(39(7)74-46)78-47-28-43(69-15)50(38(6)73-47)76-45(64)23-26-63-55(66)54-58(10,11)33-72-59(12,13)79-54/h18-21,23,26-27,34,36,38-39,41-44,46-54,65,68H,17,22,24-25,28-33H2,1-16H3,(H,63,66)/b19-18+,26-23-,35-21+,40-20+/t34-,36-,38-,39-,41-,42-,43-,44-,46-,47-,48+,49-,50-,51-,52-,53+,54-,60+,61-,62+/m0/s1. The number of ether oxygens (including phenoxy) is 13. The summed E-state index contributed by atoms with van der Waals surface area (Å²) < 4.78 is 83.2. The number of hydrogen-bond acceptors (Lipinski definition) is 18. The van der Waals surface area contributed by atoms with E-state index in [9.17, 15) is 24.6 Å². The van der Waals surface area contributed by atoms with Crippen molar-refractivity contribution >= 4 is 17.8 Å². The quantitative estimate of drug-likeness (QED) is 0.0965. The summed E-state index contributed by atoms with van der Waals surface area (Å²) >= 11 is 0. The average Bonchev–Trinajstić information content (AvgIpc) is 4.03. The second-order valence-corrected chi connectivity index (χ2v) is 26.4. The Morgan fingerprint density at radius 1 is 0.914 bits per heavy atom. The summed E-state index contributed by atoms with van der Waals surface area (Å²) in [6.07, 6.45) is 6.50. The van der Waals surface area contributed by atoms with E-state index in [0.717, 1.165) is 24.5 Å². The van der Waals surface area contributed by atoms with E-state index in [1.54, 1.807) is 47.0 Å². The highest BCUT2D eigenvalue weighted by Gasteiger charge is 2.61. The van der Waals surface area contributed by atoms with Gasteiger partial charge in [-0.3, -0.25) is 9.59 Å². The van der Waals surface area contributed by atoms with Crippen molar-refractivity contribution in [1.82, 2.24) is 5.32 Å². The van der Waals surface area contributed by atoms with Crippen LogP contribution < -0.4 is 5.32 Å². The Hall–Kier alpha value is -3.41. The molecule has 0 aromatic carbocycles. The van der Waals surface area contributed by atoms with Crippen molar-refractivity contribution in [3.8, 4) is 0 Å². The Balaban J connectivity index is 0.978. The smallest absolute Gasteiger partial charge is 0.332 e. The Morgan fingerprint density at radius 2 is 1.58 bits per heavy atom. The number of carbonyl (C=O) groups is 3. The fourth-order valence-electron chi connectivity index (χ4n) is 13.4. The minimum absolute atomic E-state index is 0.00593. The van der Waals surface area contributed by atoms with Crippen LogP contribution in [0.25, 0.3) is 0 Å². The fourth-order valence-corrected chi connectivity index (χ4v) is 13.4. The van der Waals surface area contributed by atoms with Gasteiger partial charge in [-0.05, 0) is 95.8 Å². The summed E-state index contributed by atoms with van der Waals surface area (Å²) in [4.78, 5) is 40.9. The van der Waals surface area contributed by atoms with Crippen molar-refractivity contribution in [2.75, 3.05) is 27.4 Å². The molecule has 1 spiro atoms. The lowest BCUT2D eigenvalue weighted by Crippen LogP contribution is -2.60. The van der Waals surface area contributed by atoms with Crippen LogP contribution in [0, 0.1) is 28.6 Å². The number of esters is 2. The predicted molar refractivity (Wildman–Crippen MR) is 296 cm³/mol. The molecule has 1 amide bonds. The van der Waals surface area contributed by atoms with Crippen LogP contribution in [0.4, 0.5) is 0 Å². The maximum Gasteiger partial charge on any atom is 0.332 e. The molecule has 8 aliphatic rings. The van der Waals surface area contributed by atoms with Gasteiger partial charge in [-0.15, -0.1) is 0 Å². The lowest BCUT2D eigenvalue weighted by Gasteiger charge is -2.55. The monoisotopic (exact) mass is 1140 g/mol. The summed E-state index contributed by atoms with van der Waals surface area (Å²) in [6.45, 7) is 28.0. The first-order valence-electron chi connectivity index (χ1n) is 29.5. The van der Waals surface area contributed by atoms with Crippen LogP contribution in [0.1, 0.15) is 148 Å². The van der Waals surface area contributed by atoms with E-state index >= 15 is 0 Å². The number of nitrogens with one attached hydrogen (secondary N) is 1. The Bertz CT molecular complexity index is 2410. The number of aliphatic hydroxyl groups excluding tert-OH is 1. The maximum absolute atomic E-state index is 14.6. The molecule has 0 unspecified atom stereocenters. The number of allylic oxidation sites excluding steroid dienone is 2. The van der Waals surface area contributed by atoms with E-state index in [2.05, 4.69) is 52.9 Å². The minimum atomic E-state index is -1.87. The molecule has 7 aliphatic heterocycles. The van der Waals surface area contributed by atoms with Gasteiger partial charge in [-0.1, -0.05) is 78.8 Å². The van der Waals surface area contributed by atoms with Crippen molar-refractivity contribution in [1.29, 1.82) is 0 Å². The summed E-state index contributed by atoms with van der Waals surface area (Å²) in [5.41, 5.74) is -1.55. The largest absolute Gasteiger partial charge is 0.462 e. The van der Waals surface area contributed by atoms with Crippen molar-refractivity contribution in [2.45, 2.75) is 257 Å². The van der Waals surface area contributed by atoms with Crippen LogP contribution in [0.3, 0.4) is 0 Å². The van der Waals surface area contributed by atoms with Crippen molar-refractivity contribution in [3.63, 3.8) is 0 Å². The first kappa shape index (κ1) is 63.6. The van der Waals surface area contributed by atoms with Crippen LogP contribution >= 0.6 is 0 Å². The Morgan fingerprint density at radius 3 is 2.26 bits per heavy atom. The van der Waals surface area contributed by atoms with Gasteiger partial charge in [0.15, 0.2) is 30.3 Å². The third-order valence-corrected chi connectivity index (χ3v) is 18.5. The molecule has 19 nitrogen and oxygen atoms in total. The number of hydrogen-bond donors (Lipinski definition) is 3. The van der Waals surface area contributed by atoms with Gasteiger partial charge < -0.3 is 77.1 Å². The molecule has 3 N–H and O–H groups in total. The molecular formula is C62H95NO18. The first-order chi connectivity index (χ1) is 38.0. The highest BCUT2D eigenvalue weighted by atomic mass is 16.7. The zero-order valence-electron chi connectivity index (χ0n) is 50.9. The summed E-state index contributed by atoms with van der Waals surface area (Å²) in [5, 5.41) is 26.7. The Kier molecular flexibility index (Phi) is 19.5. The number of carbonyl (C=O) groups excluding carboxylic acids is 3. The van der Waals surface area contributed by atoms with E-state index in [1.165, 1.54) is 13.3 Å². The summed E-state index contributed by atoms with van der Waals surface area (Å²) in [6, 6.07) is 0. The van der Waals surface area contributed by atoms with Crippen LogP contribution in [0.5, 0.6) is 0 Å². The van der Waals surface area contributed by atoms with Gasteiger partial charge in [0, 0.05) is 69.9 Å². The molecule has 19 heteroatoms. The lowest BCUT2D eigenvalue weighted by molar-refractivity contribution is -0.367. The SMILES string of the molecule is CCC(C)(C)[C@H]1O[C@]2(CC[C@@H]1C)C[C@@H]1C[C@@](C)(C/C=C(\C)[C@@H](O[C@H]3C[C@H](OC)[C@@H](O[C@H]4C[C@H](OC)[C@@H](OC(=O)/C=C\NC(=O)[C@@H]5OC(C)(C)OCC5(C)C)[C@H](C)O4)[C@H](C)O3)[C@@H](C)/C=C/C=C3\CO[C@@H]4[C@H](O)C(C)=C[C@@H](C(=O)O1)[C@]34O)O2. The molecule has 81 heavy (non-hydrogen) atoms. The average molecular weight is 1140 g/mol. The molecule has 20 atom stereocenters. The lowest BCUT2D eigenvalue weighted by atomic mass is 9.70. The molecule has 0 aromatic heterocycles. The molecule has 6 fully saturated rings. The van der Waals surface area contributed by atoms with Crippen LogP contribution in [0.2, 0.25) is 0 Å². The van der Waals surface area contributed by atoms with E-state index in [-0.39, 0.29) is 36.4 Å². The zero-order valence-corrected chi connectivity index (χ0v) is 50.9. The normalized spacial score (nSPS) is 44.6. The molecular weight excluding hydrogens is 1050 g/mol. The minimum Gasteiger partial charge on any atom is -0.462 e. The van der Waals surface area contributed by atoms with Crippen LogP contribution in [0.15, 0.2) is 59.4 Å². The number of methoxy groups -OCH3 is 2. The first-order valence-corrected chi connectivity index (χ1v) is 29.5. The van der Waals surface area contributed by atoms with E-state index in [4.69, 9.17) is 61.6 Å². The molecule has 7 heterocycles. The van der Waals surface area contributed by atoms with Crippen molar-refractivity contribution in [2.24, 2.45) is 28.6 Å². The fraction of sp³-hybridized carbons (Fsp3) is 0.790. The second-order valence-electron chi connectivity index (χ2n) is 26.4. The van der Waals surface area contributed by atoms with Gasteiger partial charge in [0.05, 0.1) is 49.3 Å². The molecule has 0 saturated carbocycles. The summed E-state index contributed by atoms with van der Waals surface area (Å²) in [5.74, 6) is -4.77. The highest BCUT2D eigenvalue weighted by Crippen LogP contribution is 2.52. The number of amides is 1. The topological polar surface area (TPSA) is 224 Å². The Labute approximate surface area is 480 Å². The van der Waals surface area contributed by atoms with Gasteiger partial charge in [0.25, 0.3) is 5.91 Å². The van der Waals surface area contributed by atoms with Crippen LogP contribution in [-0.4, -0.2) is 164 Å². The third kappa shape index (κ3) is 13.8.